The molecule has 4 N–H and O–H groups in total. The molecule has 5 nitrogen and oxygen atoms in total. The van der Waals surface area contributed by atoms with E-state index >= 15 is 0 Å². The maximum atomic E-state index is 11.0. The monoisotopic (exact) mass is 256 g/mol. The second-order valence-electron chi connectivity index (χ2n) is 4.31. The summed E-state index contributed by atoms with van der Waals surface area (Å²) >= 11 is 6.05. The maximum Gasteiger partial charge on any atom is 0.236 e. The third-order valence-corrected chi connectivity index (χ3v) is 2.35. The molecule has 0 aromatic carbocycles. The molecule has 94 valence electrons. The summed E-state index contributed by atoms with van der Waals surface area (Å²) < 4.78 is 0. The highest BCUT2D eigenvalue weighted by molar-refractivity contribution is 6.33. The first-order valence-corrected chi connectivity index (χ1v) is 5.72. The fourth-order valence-electron chi connectivity index (χ4n) is 1.53. The Morgan fingerprint density at radius 1 is 1.59 bits per heavy atom. The molecule has 0 aliphatic carbocycles. The minimum Gasteiger partial charge on any atom is -0.397 e. The number of rotatable bonds is 5. The van der Waals surface area contributed by atoms with Crippen LogP contribution in [-0.4, -0.2) is 24.0 Å². The zero-order chi connectivity index (χ0) is 13.0. The predicted octanol–water partition coefficient (Wildman–Crippen LogP) is 1.26. The lowest BCUT2D eigenvalue weighted by Crippen LogP contribution is -2.37. The van der Waals surface area contributed by atoms with Crippen LogP contribution in [0.2, 0.25) is 5.02 Å². The number of amides is 1. The predicted molar refractivity (Wildman–Crippen MR) is 69.9 cm³/mol. The summed E-state index contributed by atoms with van der Waals surface area (Å²) in [6.07, 6.45) is 1.51. The van der Waals surface area contributed by atoms with Crippen molar-refractivity contribution in [3.63, 3.8) is 0 Å². The second kappa shape index (κ2) is 5.72. The van der Waals surface area contributed by atoms with Gasteiger partial charge in [-0.1, -0.05) is 25.4 Å². The van der Waals surface area contributed by atoms with Crippen LogP contribution in [0.3, 0.4) is 0 Å². The zero-order valence-electron chi connectivity index (χ0n) is 9.98. The molecule has 1 rings (SSSR count). The van der Waals surface area contributed by atoms with Crippen LogP contribution in [0.1, 0.15) is 13.8 Å². The summed E-state index contributed by atoms with van der Waals surface area (Å²) in [5.41, 5.74) is 11.3. The van der Waals surface area contributed by atoms with Gasteiger partial charge in [-0.05, 0) is 12.0 Å². The summed E-state index contributed by atoms with van der Waals surface area (Å²) in [7, 11) is 0. The average Bonchev–Trinajstić information content (AvgIpc) is 2.14. The highest BCUT2D eigenvalue weighted by atomic mass is 35.5. The van der Waals surface area contributed by atoms with Gasteiger partial charge in [-0.15, -0.1) is 0 Å². The van der Waals surface area contributed by atoms with Gasteiger partial charge in [0.2, 0.25) is 5.91 Å². The quantitative estimate of drug-likeness (QED) is 0.831. The molecule has 1 aromatic heterocycles. The van der Waals surface area contributed by atoms with Gasteiger partial charge in [0.1, 0.15) is 5.82 Å². The Morgan fingerprint density at radius 2 is 2.24 bits per heavy atom. The lowest BCUT2D eigenvalue weighted by molar-refractivity contribution is -0.116. The number of carbonyl (C=O) groups excluding carboxylic acids is 1. The van der Waals surface area contributed by atoms with Crippen molar-refractivity contribution >= 4 is 29.0 Å². The number of aromatic nitrogens is 1. The minimum atomic E-state index is -0.416. The van der Waals surface area contributed by atoms with E-state index in [0.29, 0.717) is 29.0 Å². The number of primary amides is 1. The van der Waals surface area contributed by atoms with Crippen molar-refractivity contribution in [3.05, 3.63) is 17.3 Å². The molecule has 17 heavy (non-hydrogen) atoms. The molecule has 0 spiro atoms. The molecule has 1 heterocycles. The zero-order valence-corrected chi connectivity index (χ0v) is 10.7. The van der Waals surface area contributed by atoms with Crippen molar-refractivity contribution in [2.24, 2.45) is 11.7 Å². The van der Waals surface area contributed by atoms with E-state index in [1.807, 2.05) is 13.8 Å². The van der Waals surface area contributed by atoms with E-state index in [9.17, 15) is 4.79 Å². The summed E-state index contributed by atoms with van der Waals surface area (Å²) in [6, 6.07) is 1.61. The number of anilines is 2. The first-order chi connectivity index (χ1) is 7.90. The van der Waals surface area contributed by atoms with Crippen LogP contribution in [0.15, 0.2) is 12.3 Å². The van der Waals surface area contributed by atoms with Gasteiger partial charge in [-0.25, -0.2) is 4.98 Å². The van der Waals surface area contributed by atoms with Crippen LogP contribution in [0, 0.1) is 5.92 Å². The molecule has 0 saturated carbocycles. The van der Waals surface area contributed by atoms with Crippen LogP contribution in [0.5, 0.6) is 0 Å². The van der Waals surface area contributed by atoms with Crippen LogP contribution in [0.4, 0.5) is 11.5 Å². The van der Waals surface area contributed by atoms with E-state index in [4.69, 9.17) is 23.1 Å². The molecular formula is C11H17ClN4O. The Hall–Kier alpha value is -1.49. The van der Waals surface area contributed by atoms with Gasteiger partial charge in [-0.2, -0.15) is 0 Å². The first kappa shape index (κ1) is 13.6. The summed E-state index contributed by atoms with van der Waals surface area (Å²) in [5.74, 6) is 0.485. The number of hydrogen-bond acceptors (Lipinski definition) is 4. The molecule has 0 aliphatic heterocycles. The van der Waals surface area contributed by atoms with E-state index in [-0.39, 0.29) is 6.54 Å². The Labute approximate surface area is 106 Å². The van der Waals surface area contributed by atoms with Gasteiger partial charge < -0.3 is 16.4 Å². The van der Waals surface area contributed by atoms with E-state index < -0.39 is 5.91 Å². The van der Waals surface area contributed by atoms with Crippen molar-refractivity contribution in [1.82, 2.24) is 4.98 Å². The maximum absolute atomic E-state index is 11.0. The summed E-state index contributed by atoms with van der Waals surface area (Å²) in [4.78, 5) is 16.9. The van der Waals surface area contributed by atoms with Crippen molar-refractivity contribution in [1.29, 1.82) is 0 Å². The van der Waals surface area contributed by atoms with Crippen LogP contribution < -0.4 is 16.4 Å². The smallest absolute Gasteiger partial charge is 0.236 e. The van der Waals surface area contributed by atoms with Gasteiger partial charge in [0, 0.05) is 6.54 Å². The minimum absolute atomic E-state index is 0.0921. The number of pyridine rings is 1. The lowest BCUT2D eigenvalue weighted by Gasteiger charge is -2.25. The fourth-order valence-corrected chi connectivity index (χ4v) is 1.83. The fraction of sp³-hybridized carbons (Fsp3) is 0.455. The molecule has 0 saturated heterocycles. The SMILES string of the molecule is CC(C)CN(CC(N)=O)c1ncc(N)cc1Cl. The van der Waals surface area contributed by atoms with Crippen molar-refractivity contribution in [3.8, 4) is 0 Å². The second-order valence-corrected chi connectivity index (χ2v) is 4.72. The number of nitrogen functional groups attached to an aromatic ring is 1. The summed E-state index contributed by atoms with van der Waals surface area (Å²) in [5, 5.41) is 0.423. The van der Waals surface area contributed by atoms with Crippen LogP contribution in [-0.2, 0) is 4.79 Å². The Morgan fingerprint density at radius 3 is 2.71 bits per heavy atom. The molecule has 1 aromatic rings. The number of carbonyl (C=O) groups is 1. The molecule has 6 heteroatoms. The topological polar surface area (TPSA) is 85.2 Å². The van der Waals surface area contributed by atoms with E-state index in [0.717, 1.165) is 0 Å². The third kappa shape index (κ3) is 4.11. The average molecular weight is 257 g/mol. The number of halogens is 1. The first-order valence-electron chi connectivity index (χ1n) is 5.34. The molecular weight excluding hydrogens is 240 g/mol. The number of nitrogens with two attached hydrogens (primary N) is 2. The van der Waals surface area contributed by atoms with Gasteiger partial charge in [0.05, 0.1) is 23.5 Å². The molecule has 0 radical (unpaired) electrons. The molecule has 1 amide bonds. The highest BCUT2D eigenvalue weighted by Gasteiger charge is 2.15. The number of hydrogen-bond donors (Lipinski definition) is 2. The van der Waals surface area contributed by atoms with Gasteiger partial charge in [-0.3, -0.25) is 4.79 Å². The Kier molecular flexibility index (Phi) is 4.57. The largest absolute Gasteiger partial charge is 0.397 e. The van der Waals surface area contributed by atoms with Crippen LogP contribution in [0.25, 0.3) is 0 Å². The molecule has 0 unspecified atom stereocenters. The number of nitrogens with zero attached hydrogens (tertiary/aromatic N) is 2. The van der Waals surface area contributed by atoms with E-state index in [1.165, 1.54) is 6.20 Å². The summed E-state index contributed by atoms with van der Waals surface area (Å²) in [6.45, 7) is 4.83. The van der Waals surface area contributed by atoms with Gasteiger partial charge in [0.15, 0.2) is 0 Å². The molecule has 0 atom stereocenters. The van der Waals surface area contributed by atoms with E-state index in [1.54, 1.807) is 11.0 Å². The normalized spacial score (nSPS) is 10.6. The van der Waals surface area contributed by atoms with E-state index in [2.05, 4.69) is 4.98 Å². The Bertz CT molecular complexity index is 408. The van der Waals surface area contributed by atoms with Gasteiger partial charge >= 0.3 is 0 Å². The Balaban J connectivity index is 2.98. The highest BCUT2D eigenvalue weighted by Crippen LogP contribution is 2.25. The third-order valence-electron chi connectivity index (χ3n) is 2.07. The van der Waals surface area contributed by atoms with Crippen molar-refractivity contribution in [2.45, 2.75) is 13.8 Å². The molecule has 0 fully saturated rings. The van der Waals surface area contributed by atoms with Gasteiger partial charge in [0.25, 0.3) is 0 Å². The van der Waals surface area contributed by atoms with Crippen molar-refractivity contribution in [2.75, 3.05) is 23.7 Å². The lowest BCUT2D eigenvalue weighted by atomic mass is 10.2. The molecule has 0 bridgehead atoms. The van der Waals surface area contributed by atoms with Crippen molar-refractivity contribution < 1.29 is 4.79 Å². The molecule has 0 aliphatic rings. The van der Waals surface area contributed by atoms with Crippen LogP contribution >= 0.6 is 11.6 Å². The standard InChI is InChI=1S/C11H17ClN4O/c1-7(2)5-16(6-10(14)17)11-9(12)3-8(13)4-15-11/h3-4,7H,5-6,13H2,1-2H3,(H2,14,17).